The normalized spacial score (nSPS) is 12.9. The molecule has 0 saturated carbocycles. The van der Waals surface area contributed by atoms with Crippen LogP contribution in [0.1, 0.15) is 13.3 Å². The van der Waals surface area contributed by atoms with Gasteiger partial charge in [-0.05, 0) is 20.4 Å². The van der Waals surface area contributed by atoms with E-state index in [-0.39, 0.29) is 0 Å². The molecule has 0 aromatic carbocycles. The largest absolute Gasteiger partial charge is 0.480 e. The van der Waals surface area contributed by atoms with Gasteiger partial charge in [0.1, 0.15) is 6.04 Å². The summed E-state index contributed by atoms with van der Waals surface area (Å²) in [5, 5.41) is 11.2. The van der Waals surface area contributed by atoms with E-state index in [9.17, 15) is 4.79 Å². The lowest BCUT2D eigenvalue weighted by atomic mass is 10.2. The molecule has 0 amide bonds. The fourth-order valence-corrected chi connectivity index (χ4v) is 0.737. The van der Waals surface area contributed by atoms with Gasteiger partial charge in [0.25, 0.3) is 0 Å². The zero-order chi connectivity index (χ0) is 8.69. The number of ether oxygens (including phenoxy) is 1. The first-order valence-corrected chi connectivity index (χ1v) is 3.70. The second-order valence-electron chi connectivity index (χ2n) is 2.17. The summed E-state index contributed by atoms with van der Waals surface area (Å²) in [4.78, 5) is 10.4. The summed E-state index contributed by atoms with van der Waals surface area (Å²) in [5.41, 5.74) is 0. The molecule has 0 bridgehead atoms. The van der Waals surface area contributed by atoms with Crippen molar-refractivity contribution in [2.45, 2.75) is 19.4 Å². The zero-order valence-electron chi connectivity index (χ0n) is 6.96. The van der Waals surface area contributed by atoms with Gasteiger partial charge in [0.05, 0.1) is 0 Å². The molecule has 4 heteroatoms. The Morgan fingerprint density at radius 1 is 1.73 bits per heavy atom. The van der Waals surface area contributed by atoms with Gasteiger partial charge in [-0.1, -0.05) is 0 Å². The van der Waals surface area contributed by atoms with Crippen LogP contribution in [0.25, 0.3) is 0 Å². The predicted octanol–water partition coefficient (Wildman–Crippen LogP) is 0.0856. The number of hydrogen-bond acceptors (Lipinski definition) is 3. The van der Waals surface area contributed by atoms with Gasteiger partial charge in [-0.25, -0.2) is 0 Å². The van der Waals surface area contributed by atoms with Crippen LogP contribution < -0.4 is 5.32 Å². The number of rotatable bonds is 6. The Hall–Kier alpha value is -0.610. The van der Waals surface area contributed by atoms with Crippen LogP contribution in [0.5, 0.6) is 0 Å². The quantitative estimate of drug-likeness (QED) is 0.542. The van der Waals surface area contributed by atoms with Crippen molar-refractivity contribution in [1.82, 2.24) is 5.32 Å². The number of aliphatic carboxylic acids is 1. The monoisotopic (exact) mass is 161 g/mol. The topological polar surface area (TPSA) is 58.6 Å². The first-order chi connectivity index (χ1) is 5.22. The second kappa shape index (κ2) is 6.12. The van der Waals surface area contributed by atoms with E-state index in [1.54, 1.807) is 7.05 Å². The van der Waals surface area contributed by atoms with E-state index in [1.807, 2.05) is 6.92 Å². The van der Waals surface area contributed by atoms with Crippen LogP contribution in [0.15, 0.2) is 0 Å². The van der Waals surface area contributed by atoms with Gasteiger partial charge in [0.2, 0.25) is 0 Å². The summed E-state index contributed by atoms with van der Waals surface area (Å²) < 4.78 is 5.01. The number of carboxylic acids is 1. The standard InChI is InChI=1S/C7H15NO3/c1-3-11-5-4-6(8-2)7(9)10/h6,8H,3-5H2,1-2H3,(H,9,10). The average Bonchev–Trinajstić information content (AvgIpc) is 1.97. The molecule has 1 atom stereocenters. The molecule has 66 valence electrons. The average molecular weight is 161 g/mol. The summed E-state index contributed by atoms with van der Waals surface area (Å²) in [6, 6.07) is -0.485. The maximum Gasteiger partial charge on any atom is 0.320 e. The Labute approximate surface area is 66.5 Å². The van der Waals surface area contributed by atoms with Gasteiger partial charge in [-0.3, -0.25) is 4.79 Å². The van der Waals surface area contributed by atoms with Gasteiger partial charge in [0, 0.05) is 13.2 Å². The van der Waals surface area contributed by atoms with Crippen LogP contribution in [-0.2, 0) is 9.53 Å². The number of carboxylic acid groups (broad SMARTS) is 1. The van der Waals surface area contributed by atoms with E-state index in [0.29, 0.717) is 19.6 Å². The van der Waals surface area contributed by atoms with E-state index in [2.05, 4.69) is 5.32 Å². The minimum atomic E-state index is -0.827. The summed E-state index contributed by atoms with van der Waals surface area (Å²) in [6.07, 6.45) is 0.514. The number of likely N-dealkylation sites (N-methyl/N-ethyl adjacent to an activating group) is 1. The molecule has 0 aliphatic carbocycles. The Balaban J connectivity index is 3.44. The highest BCUT2D eigenvalue weighted by Gasteiger charge is 2.13. The molecule has 11 heavy (non-hydrogen) atoms. The Morgan fingerprint density at radius 2 is 2.36 bits per heavy atom. The number of carbonyl (C=O) groups is 1. The minimum absolute atomic E-state index is 0.485. The number of nitrogens with one attached hydrogen (secondary N) is 1. The lowest BCUT2D eigenvalue weighted by Crippen LogP contribution is -2.34. The molecule has 4 nitrogen and oxygen atoms in total. The summed E-state index contributed by atoms with van der Waals surface area (Å²) in [5.74, 6) is -0.827. The van der Waals surface area contributed by atoms with Crippen LogP contribution in [0.3, 0.4) is 0 Å². The maximum absolute atomic E-state index is 10.4. The van der Waals surface area contributed by atoms with Crippen molar-refractivity contribution in [2.75, 3.05) is 20.3 Å². The van der Waals surface area contributed by atoms with E-state index < -0.39 is 12.0 Å². The highest BCUT2D eigenvalue weighted by molar-refractivity contribution is 5.73. The van der Waals surface area contributed by atoms with Crippen molar-refractivity contribution in [3.63, 3.8) is 0 Å². The van der Waals surface area contributed by atoms with Crippen molar-refractivity contribution in [3.05, 3.63) is 0 Å². The third-order valence-corrected chi connectivity index (χ3v) is 1.40. The van der Waals surface area contributed by atoms with Crippen LogP contribution >= 0.6 is 0 Å². The smallest absolute Gasteiger partial charge is 0.320 e. The van der Waals surface area contributed by atoms with Gasteiger partial charge < -0.3 is 15.2 Å². The first-order valence-electron chi connectivity index (χ1n) is 3.70. The fraction of sp³-hybridized carbons (Fsp3) is 0.857. The molecule has 0 spiro atoms. The second-order valence-corrected chi connectivity index (χ2v) is 2.17. The third kappa shape index (κ3) is 4.75. The van der Waals surface area contributed by atoms with E-state index in [1.165, 1.54) is 0 Å². The lowest BCUT2D eigenvalue weighted by Gasteiger charge is -2.09. The molecule has 0 saturated heterocycles. The van der Waals surface area contributed by atoms with Gasteiger partial charge in [0.15, 0.2) is 0 Å². The predicted molar refractivity (Wildman–Crippen MR) is 41.6 cm³/mol. The van der Waals surface area contributed by atoms with Crippen LogP contribution in [0, 0.1) is 0 Å². The van der Waals surface area contributed by atoms with Crippen molar-refractivity contribution in [1.29, 1.82) is 0 Å². The lowest BCUT2D eigenvalue weighted by molar-refractivity contribution is -0.139. The van der Waals surface area contributed by atoms with Crippen LogP contribution in [0.4, 0.5) is 0 Å². The third-order valence-electron chi connectivity index (χ3n) is 1.40. The minimum Gasteiger partial charge on any atom is -0.480 e. The van der Waals surface area contributed by atoms with Gasteiger partial charge in [-0.2, -0.15) is 0 Å². The van der Waals surface area contributed by atoms with Crippen LogP contribution in [0.2, 0.25) is 0 Å². The molecular formula is C7H15NO3. The molecule has 0 aliphatic heterocycles. The highest BCUT2D eigenvalue weighted by Crippen LogP contribution is 1.91. The van der Waals surface area contributed by atoms with E-state index in [0.717, 1.165) is 0 Å². The Morgan fingerprint density at radius 3 is 2.73 bits per heavy atom. The summed E-state index contributed by atoms with van der Waals surface area (Å²) in [7, 11) is 1.63. The Kier molecular flexibility index (Phi) is 5.78. The summed E-state index contributed by atoms with van der Waals surface area (Å²) in [6.45, 7) is 3.01. The van der Waals surface area contributed by atoms with Crippen molar-refractivity contribution < 1.29 is 14.6 Å². The van der Waals surface area contributed by atoms with Crippen molar-refractivity contribution in [2.24, 2.45) is 0 Å². The first kappa shape index (κ1) is 10.4. The molecule has 0 aliphatic rings. The molecule has 0 aromatic heterocycles. The van der Waals surface area contributed by atoms with E-state index in [4.69, 9.17) is 9.84 Å². The van der Waals surface area contributed by atoms with E-state index >= 15 is 0 Å². The summed E-state index contributed by atoms with van der Waals surface area (Å²) >= 11 is 0. The molecule has 0 rings (SSSR count). The number of hydrogen-bond donors (Lipinski definition) is 2. The molecule has 1 unspecified atom stereocenters. The van der Waals surface area contributed by atoms with Gasteiger partial charge >= 0.3 is 5.97 Å². The molecule has 0 radical (unpaired) electrons. The highest BCUT2D eigenvalue weighted by atomic mass is 16.5. The molecular weight excluding hydrogens is 146 g/mol. The molecule has 0 aromatic rings. The molecule has 2 N–H and O–H groups in total. The van der Waals surface area contributed by atoms with Crippen LogP contribution in [-0.4, -0.2) is 37.4 Å². The van der Waals surface area contributed by atoms with Crippen molar-refractivity contribution >= 4 is 5.97 Å². The fourth-order valence-electron chi connectivity index (χ4n) is 0.737. The van der Waals surface area contributed by atoms with Gasteiger partial charge in [-0.15, -0.1) is 0 Å². The van der Waals surface area contributed by atoms with Crippen molar-refractivity contribution in [3.8, 4) is 0 Å². The molecule has 0 fully saturated rings. The maximum atomic E-state index is 10.4. The Bertz CT molecular complexity index is 116. The SMILES string of the molecule is CCOCCC(NC)C(=O)O. The zero-order valence-corrected chi connectivity index (χ0v) is 6.96. The molecule has 0 heterocycles.